The summed E-state index contributed by atoms with van der Waals surface area (Å²) in [4.78, 5) is 19.0. The maximum absolute atomic E-state index is 12.0. The number of rotatable bonds is 1. The van der Waals surface area contributed by atoms with Gasteiger partial charge in [-0.2, -0.15) is 0 Å². The third-order valence-electron chi connectivity index (χ3n) is 5.47. The second kappa shape index (κ2) is 9.35. The summed E-state index contributed by atoms with van der Waals surface area (Å²) in [5, 5.41) is 1.00. The molecule has 1 aromatic carbocycles. The molecule has 0 aliphatic carbocycles. The van der Waals surface area contributed by atoms with E-state index in [0.717, 1.165) is 57.0 Å². The number of nitrogens with two attached hydrogens (primary N) is 1. The van der Waals surface area contributed by atoms with Crippen LogP contribution in [-0.4, -0.2) is 36.1 Å². The maximum atomic E-state index is 12.0. The zero-order valence-electron chi connectivity index (χ0n) is 19.0. The number of aromatic nitrogens is 1. The van der Waals surface area contributed by atoms with Gasteiger partial charge in [-0.1, -0.05) is 33.4 Å². The van der Waals surface area contributed by atoms with Crippen LogP contribution in [-0.2, 0) is 16.1 Å². The Hall–Kier alpha value is -3.12. The van der Waals surface area contributed by atoms with Gasteiger partial charge >= 0.3 is 5.97 Å². The lowest BCUT2D eigenvalue weighted by atomic mass is 9.88. The number of carbonyl (C=O) groups excluding carboxylic acids is 1. The molecular weight excluding hydrogens is 390 g/mol. The Balaban J connectivity index is 0.000000504. The Morgan fingerprint density at radius 2 is 2.06 bits per heavy atom. The number of methoxy groups -OCH3 is 1. The normalized spacial score (nSPS) is 18.6. The molecule has 3 aliphatic rings. The molecule has 31 heavy (non-hydrogen) atoms. The van der Waals surface area contributed by atoms with Crippen LogP contribution in [0.15, 0.2) is 53.8 Å². The van der Waals surface area contributed by atoms with Gasteiger partial charge in [0.25, 0.3) is 0 Å². The molecule has 1 atom stereocenters. The molecule has 0 bridgehead atoms. The lowest BCUT2D eigenvalue weighted by Crippen LogP contribution is -2.31. The smallest absolute Gasteiger partial charge is 0.313 e. The van der Waals surface area contributed by atoms with Crippen LogP contribution in [0.1, 0.15) is 39.0 Å². The molecule has 6 heteroatoms. The number of allylic oxidation sites excluding steroid dienone is 1. The van der Waals surface area contributed by atoms with Crippen LogP contribution in [0.5, 0.6) is 5.75 Å². The number of benzene rings is 1. The summed E-state index contributed by atoms with van der Waals surface area (Å²) in [6, 6.07) is 8.03. The predicted octanol–water partition coefficient (Wildman–Crippen LogP) is 4.41. The second-order valence-electron chi connectivity index (χ2n) is 7.26. The van der Waals surface area contributed by atoms with Crippen molar-refractivity contribution in [2.45, 2.75) is 34.2 Å². The lowest BCUT2D eigenvalue weighted by Gasteiger charge is -2.34. The van der Waals surface area contributed by atoms with Crippen molar-refractivity contribution in [1.82, 2.24) is 9.88 Å². The van der Waals surface area contributed by atoms with E-state index in [1.165, 1.54) is 0 Å². The van der Waals surface area contributed by atoms with Gasteiger partial charge < -0.3 is 20.1 Å². The Morgan fingerprint density at radius 1 is 1.35 bits per heavy atom. The molecule has 0 radical (unpaired) electrons. The molecule has 0 saturated carbocycles. The molecule has 3 aliphatic heterocycles. The van der Waals surface area contributed by atoms with Crippen LogP contribution in [0, 0.1) is 5.92 Å². The highest BCUT2D eigenvalue weighted by molar-refractivity contribution is 5.90. The molecule has 0 saturated heterocycles. The molecule has 0 spiro atoms. The van der Waals surface area contributed by atoms with Gasteiger partial charge in [-0.15, -0.1) is 0 Å². The molecule has 164 valence electrons. The molecule has 1 unspecified atom stereocenters. The number of esters is 1. The van der Waals surface area contributed by atoms with E-state index in [1.54, 1.807) is 7.11 Å². The SMILES string of the molecule is C=C1C2=C(C=C3c4nc5cccc(OC)c5cc4CN13)C(C)C(=O)OC2.CC.CCN. The molecule has 6 nitrogen and oxygen atoms in total. The lowest BCUT2D eigenvalue weighted by molar-refractivity contribution is -0.146. The Kier molecular flexibility index (Phi) is 6.81. The fourth-order valence-electron chi connectivity index (χ4n) is 4.01. The van der Waals surface area contributed by atoms with Gasteiger partial charge in [-0.05, 0) is 43.3 Å². The average Bonchev–Trinajstić information content (AvgIpc) is 3.14. The predicted molar refractivity (Wildman–Crippen MR) is 124 cm³/mol. The van der Waals surface area contributed by atoms with Crippen LogP contribution in [0.25, 0.3) is 16.6 Å². The van der Waals surface area contributed by atoms with Gasteiger partial charge in [0.05, 0.1) is 36.5 Å². The van der Waals surface area contributed by atoms with E-state index in [9.17, 15) is 4.79 Å². The molecule has 2 aromatic rings. The largest absolute Gasteiger partial charge is 0.496 e. The van der Waals surface area contributed by atoms with Crippen molar-refractivity contribution >= 4 is 22.6 Å². The first-order valence-electron chi connectivity index (χ1n) is 10.7. The molecule has 0 amide bonds. The zero-order valence-corrected chi connectivity index (χ0v) is 19.0. The van der Waals surface area contributed by atoms with E-state index in [0.29, 0.717) is 6.54 Å². The number of nitrogens with zero attached hydrogens (tertiary/aromatic N) is 2. The van der Waals surface area contributed by atoms with Gasteiger partial charge in [0.1, 0.15) is 12.4 Å². The van der Waals surface area contributed by atoms with E-state index in [-0.39, 0.29) is 18.5 Å². The molecule has 4 heterocycles. The van der Waals surface area contributed by atoms with Crippen molar-refractivity contribution in [1.29, 1.82) is 0 Å². The van der Waals surface area contributed by atoms with Crippen molar-refractivity contribution in [3.05, 3.63) is 65.0 Å². The van der Waals surface area contributed by atoms with E-state index in [1.807, 2.05) is 45.9 Å². The highest BCUT2D eigenvalue weighted by Gasteiger charge is 2.38. The fraction of sp³-hybridized carbons (Fsp3) is 0.360. The summed E-state index contributed by atoms with van der Waals surface area (Å²) in [6.07, 6.45) is 2.08. The third kappa shape index (κ3) is 3.83. The van der Waals surface area contributed by atoms with Gasteiger partial charge in [-0.3, -0.25) is 4.79 Å². The van der Waals surface area contributed by atoms with Crippen molar-refractivity contribution in [3.63, 3.8) is 0 Å². The number of fused-ring (bicyclic) bond motifs is 4. The second-order valence-corrected chi connectivity index (χ2v) is 7.26. The first kappa shape index (κ1) is 22.6. The number of ether oxygens (including phenoxy) is 2. The van der Waals surface area contributed by atoms with Crippen LogP contribution >= 0.6 is 0 Å². The van der Waals surface area contributed by atoms with Gasteiger partial charge in [0, 0.05) is 22.2 Å². The van der Waals surface area contributed by atoms with E-state index in [2.05, 4.69) is 23.6 Å². The fourth-order valence-corrected chi connectivity index (χ4v) is 4.01. The van der Waals surface area contributed by atoms with Crippen molar-refractivity contribution in [2.75, 3.05) is 20.3 Å². The van der Waals surface area contributed by atoms with E-state index < -0.39 is 0 Å². The summed E-state index contributed by atoms with van der Waals surface area (Å²) in [5.74, 6) is 0.353. The summed E-state index contributed by atoms with van der Waals surface area (Å²) < 4.78 is 10.8. The summed E-state index contributed by atoms with van der Waals surface area (Å²) in [5.41, 5.74) is 11.7. The summed E-state index contributed by atoms with van der Waals surface area (Å²) in [7, 11) is 1.67. The highest BCUT2D eigenvalue weighted by atomic mass is 16.5. The summed E-state index contributed by atoms with van der Waals surface area (Å²) in [6.45, 7) is 13.8. The van der Waals surface area contributed by atoms with Gasteiger partial charge in [0.2, 0.25) is 0 Å². The minimum Gasteiger partial charge on any atom is -0.496 e. The van der Waals surface area contributed by atoms with Crippen molar-refractivity contribution < 1.29 is 14.3 Å². The molecule has 5 rings (SSSR count). The quantitative estimate of drug-likeness (QED) is 0.688. The molecule has 1 aromatic heterocycles. The first-order chi connectivity index (χ1) is 15.0. The van der Waals surface area contributed by atoms with E-state index in [4.69, 9.17) is 20.2 Å². The minimum absolute atomic E-state index is 0.184. The Labute approximate surface area is 184 Å². The summed E-state index contributed by atoms with van der Waals surface area (Å²) >= 11 is 0. The number of hydrogen-bond acceptors (Lipinski definition) is 6. The topological polar surface area (TPSA) is 77.7 Å². The maximum Gasteiger partial charge on any atom is 0.313 e. The van der Waals surface area contributed by atoms with Gasteiger partial charge in [0.15, 0.2) is 0 Å². The highest BCUT2D eigenvalue weighted by Crippen LogP contribution is 2.45. The van der Waals surface area contributed by atoms with E-state index >= 15 is 0 Å². The monoisotopic (exact) mass is 421 g/mol. The number of cyclic esters (lactones) is 1. The van der Waals surface area contributed by atoms with Crippen LogP contribution < -0.4 is 10.5 Å². The standard InChI is InChI=1S/C21H18N2O3.C2H7N.C2H6/c1-11-14-8-18-20-13(7-15-17(22-20)5-4-6-19(15)25-3)9-23(18)12(2)16(14)10-26-21(11)24;1-2-3;1-2/h4-8,11H,2,9-10H2,1,3H3;2-3H2,1H3;1-2H3. The van der Waals surface area contributed by atoms with Crippen LogP contribution in [0.3, 0.4) is 0 Å². The van der Waals surface area contributed by atoms with Gasteiger partial charge in [-0.25, -0.2) is 4.98 Å². The van der Waals surface area contributed by atoms with Crippen LogP contribution in [0.2, 0.25) is 0 Å². The Bertz CT molecular complexity index is 1080. The zero-order chi connectivity index (χ0) is 22.7. The number of carbonyl (C=O) groups is 1. The molecule has 0 fully saturated rings. The van der Waals surface area contributed by atoms with Crippen molar-refractivity contribution in [3.8, 4) is 5.75 Å². The first-order valence-corrected chi connectivity index (χ1v) is 10.7. The third-order valence-corrected chi connectivity index (χ3v) is 5.47. The average molecular weight is 422 g/mol. The minimum atomic E-state index is -0.283. The molecule has 2 N–H and O–H groups in total. The number of hydrogen-bond donors (Lipinski definition) is 1. The number of pyridine rings is 1. The van der Waals surface area contributed by atoms with Crippen LogP contribution in [0.4, 0.5) is 0 Å². The molecular formula is C25H31N3O3. The Morgan fingerprint density at radius 3 is 2.74 bits per heavy atom. The van der Waals surface area contributed by atoms with Crippen molar-refractivity contribution in [2.24, 2.45) is 11.7 Å².